The van der Waals surface area contributed by atoms with Gasteiger partial charge < -0.3 is 9.88 Å². The number of benzene rings is 1. The van der Waals surface area contributed by atoms with E-state index in [9.17, 15) is 9.18 Å². The van der Waals surface area contributed by atoms with Gasteiger partial charge in [0.1, 0.15) is 17.7 Å². The Balaban J connectivity index is 2.47. The highest BCUT2D eigenvalue weighted by Crippen LogP contribution is 2.23. The molecule has 0 aliphatic rings. The van der Waals surface area contributed by atoms with E-state index >= 15 is 0 Å². The highest BCUT2D eigenvalue weighted by Gasteiger charge is 2.24. The summed E-state index contributed by atoms with van der Waals surface area (Å²) in [5.74, 6) is 0.218. The zero-order valence-corrected chi connectivity index (χ0v) is 13.3. The van der Waals surface area contributed by atoms with Gasteiger partial charge in [-0.3, -0.25) is 4.79 Å². The molecule has 0 aliphatic heterocycles. The van der Waals surface area contributed by atoms with E-state index in [-0.39, 0.29) is 23.1 Å². The van der Waals surface area contributed by atoms with Crippen molar-refractivity contribution in [1.29, 1.82) is 0 Å². The fourth-order valence-corrected chi connectivity index (χ4v) is 2.43. The van der Waals surface area contributed by atoms with Crippen molar-refractivity contribution in [3.63, 3.8) is 0 Å². The molecule has 1 atom stereocenters. The van der Waals surface area contributed by atoms with E-state index in [4.69, 9.17) is 11.6 Å². The molecule has 0 saturated heterocycles. The Kier molecular flexibility index (Phi) is 4.23. The van der Waals surface area contributed by atoms with Gasteiger partial charge in [-0.2, -0.15) is 0 Å². The molecule has 0 radical (unpaired) electrons. The van der Waals surface area contributed by atoms with Gasteiger partial charge in [0.15, 0.2) is 0 Å². The topological polar surface area (TPSA) is 46.9 Å². The van der Waals surface area contributed by atoms with E-state index in [1.807, 2.05) is 20.8 Å². The average Bonchev–Trinajstić information content (AvgIpc) is 2.73. The molecule has 2 aromatic rings. The van der Waals surface area contributed by atoms with Gasteiger partial charge in [0.05, 0.1) is 16.9 Å². The van der Waals surface area contributed by atoms with Crippen LogP contribution in [0, 0.1) is 5.82 Å². The molecule has 21 heavy (non-hydrogen) atoms. The molecule has 0 saturated carbocycles. The third-order valence-corrected chi connectivity index (χ3v) is 3.35. The predicted molar refractivity (Wildman–Crippen MR) is 81.9 cm³/mol. The van der Waals surface area contributed by atoms with Gasteiger partial charge in [0, 0.05) is 11.6 Å². The van der Waals surface area contributed by atoms with Crippen molar-refractivity contribution < 1.29 is 9.18 Å². The minimum atomic E-state index is -0.478. The number of hydrogen-bond acceptors (Lipinski definition) is 2. The van der Waals surface area contributed by atoms with E-state index in [1.54, 1.807) is 17.6 Å². The maximum atomic E-state index is 13.3. The van der Waals surface area contributed by atoms with Crippen molar-refractivity contribution in [2.75, 3.05) is 0 Å². The Morgan fingerprint density at radius 3 is 2.71 bits per heavy atom. The minimum Gasteiger partial charge on any atom is -0.350 e. The van der Waals surface area contributed by atoms with E-state index in [0.717, 1.165) is 0 Å². The maximum Gasteiger partial charge on any atom is 0.243 e. The lowest BCUT2D eigenvalue weighted by atomic mass is 10.1. The van der Waals surface area contributed by atoms with E-state index in [0.29, 0.717) is 16.9 Å². The van der Waals surface area contributed by atoms with Crippen LogP contribution in [0.3, 0.4) is 0 Å². The Morgan fingerprint density at radius 1 is 1.48 bits per heavy atom. The predicted octanol–water partition coefficient (Wildman–Crippen LogP) is 3.39. The van der Waals surface area contributed by atoms with E-state index < -0.39 is 6.04 Å². The molecule has 0 aliphatic carbocycles. The Hall–Kier alpha value is -1.62. The van der Waals surface area contributed by atoms with Gasteiger partial charge in [-0.25, -0.2) is 9.37 Å². The number of aromatic nitrogens is 2. The second-order valence-electron chi connectivity index (χ2n) is 6.08. The molecule has 1 unspecified atom stereocenters. The second kappa shape index (κ2) is 5.64. The first-order valence-corrected chi connectivity index (χ1v) is 7.31. The summed E-state index contributed by atoms with van der Waals surface area (Å²) in [6, 6.07) is 3.84. The molecule has 1 heterocycles. The summed E-state index contributed by atoms with van der Waals surface area (Å²) >= 11 is 5.92. The van der Waals surface area contributed by atoms with Crippen LogP contribution in [0.5, 0.6) is 0 Å². The van der Waals surface area contributed by atoms with Gasteiger partial charge in [-0.05, 0) is 39.8 Å². The second-order valence-corrected chi connectivity index (χ2v) is 6.35. The number of rotatable bonds is 3. The lowest BCUT2D eigenvalue weighted by Gasteiger charge is -2.24. The zero-order chi connectivity index (χ0) is 15.8. The average molecular weight is 312 g/mol. The van der Waals surface area contributed by atoms with Crippen molar-refractivity contribution in [1.82, 2.24) is 14.9 Å². The normalized spacial score (nSPS) is 13.4. The monoisotopic (exact) mass is 311 g/mol. The molecular formula is C15H19ClFN3O. The summed E-state index contributed by atoms with van der Waals surface area (Å²) < 4.78 is 15.1. The molecule has 6 heteroatoms. The molecule has 1 amide bonds. The standard InChI is InChI=1S/C15H19ClFN3O/c1-9(14(21)19-15(2,3)4)20-12-6-5-10(17)7-11(12)18-13(20)8-16/h5-7,9H,8H2,1-4H3,(H,19,21). The van der Waals surface area contributed by atoms with Crippen molar-refractivity contribution in [3.05, 3.63) is 29.8 Å². The van der Waals surface area contributed by atoms with Gasteiger partial charge in [-0.1, -0.05) is 0 Å². The van der Waals surface area contributed by atoms with Crippen LogP contribution in [-0.4, -0.2) is 21.0 Å². The Morgan fingerprint density at radius 2 is 2.14 bits per heavy atom. The smallest absolute Gasteiger partial charge is 0.243 e. The number of halogens is 2. The number of carbonyl (C=O) groups excluding carboxylic acids is 1. The number of amides is 1. The number of fused-ring (bicyclic) bond motifs is 1. The molecule has 2 rings (SSSR count). The Bertz CT molecular complexity index is 675. The number of carbonyl (C=O) groups is 1. The first-order valence-electron chi connectivity index (χ1n) is 6.77. The molecule has 0 bridgehead atoms. The van der Waals surface area contributed by atoms with Gasteiger partial charge in [0.25, 0.3) is 0 Å². The lowest BCUT2D eigenvalue weighted by molar-refractivity contribution is -0.125. The number of alkyl halides is 1. The zero-order valence-electron chi connectivity index (χ0n) is 12.6. The minimum absolute atomic E-state index is 0.127. The summed E-state index contributed by atoms with van der Waals surface area (Å²) in [5, 5.41) is 2.93. The molecular weight excluding hydrogens is 293 g/mol. The van der Waals surface area contributed by atoms with Crippen LogP contribution < -0.4 is 5.32 Å². The first-order chi connectivity index (χ1) is 9.73. The van der Waals surface area contributed by atoms with Crippen molar-refractivity contribution in [2.24, 2.45) is 0 Å². The quantitative estimate of drug-likeness (QED) is 0.883. The number of hydrogen-bond donors (Lipinski definition) is 1. The third kappa shape index (κ3) is 3.35. The van der Waals surface area contributed by atoms with Crippen LogP contribution in [-0.2, 0) is 10.7 Å². The summed E-state index contributed by atoms with van der Waals surface area (Å²) in [5.41, 5.74) is 0.874. The fraction of sp³-hybridized carbons (Fsp3) is 0.467. The number of nitrogens with zero attached hydrogens (tertiary/aromatic N) is 2. The highest BCUT2D eigenvalue weighted by molar-refractivity contribution is 6.17. The molecule has 0 fully saturated rings. The van der Waals surface area contributed by atoms with Crippen molar-refractivity contribution >= 4 is 28.5 Å². The van der Waals surface area contributed by atoms with Crippen LogP contribution in [0.2, 0.25) is 0 Å². The number of nitrogens with one attached hydrogen (secondary N) is 1. The lowest BCUT2D eigenvalue weighted by Crippen LogP contribution is -2.44. The van der Waals surface area contributed by atoms with Gasteiger partial charge >= 0.3 is 0 Å². The van der Waals surface area contributed by atoms with Gasteiger partial charge in [0.2, 0.25) is 5.91 Å². The summed E-state index contributed by atoms with van der Waals surface area (Å²) in [6.45, 7) is 7.53. The van der Waals surface area contributed by atoms with Crippen LogP contribution in [0.25, 0.3) is 11.0 Å². The summed E-state index contributed by atoms with van der Waals surface area (Å²) in [7, 11) is 0. The molecule has 114 valence electrons. The van der Waals surface area contributed by atoms with Crippen LogP contribution >= 0.6 is 11.6 Å². The molecule has 1 aromatic carbocycles. The van der Waals surface area contributed by atoms with E-state index in [1.165, 1.54) is 12.1 Å². The third-order valence-electron chi connectivity index (χ3n) is 3.11. The fourth-order valence-electron chi connectivity index (χ4n) is 2.24. The first kappa shape index (κ1) is 15.8. The van der Waals surface area contributed by atoms with Crippen LogP contribution in [0.4, 0.5) is 4.39 Å². The summed E-state index contributed by atoms with van der Waals surface area (Å²) in [6.07, 6.45) is 0. The van der Waals surface area contributed by atoms with Gasteiger partial charge in [-0.15, -0.1) is 11.6 Å². The van der Waals surface area contributed by atoms with E-state index in [2.05, 4.69) is 10.3 Å². The number of imidazole rings is 1. The molecule has 1 aromatic heterocycles. The summed E-state index contributed by atoms with van der Waals surface area (Å²) in [4.78, 5) is 16.7. The Labute approximate surface area is 128 Å². The van der Waals surface area contributed by atoms with Crippen molar-refractivity contribution in [3.8, 4) is 0 Å². The van der Waals surface area contributed by atoms with Crippen LogP contribution in [0.15, 0.2) is 18.2 Å². The SMILES string of the molecule is CC(C(=O)NC(C)(C)C)n1c(CCl)nc2cc(F)ccc21. The van der Waals surface area contributed by atoms with Crippen molar-refractivity contribution in [2.45, 2.75) is 45.2 Å². The highest BCUT2D eigenvalue weighted by atomic mass is 35.5. The molecule has 0 spiro atoms. The molecule has 1 N–H and O–H groups in total. The maximum absolute atomic E-state index is 13.3. The largest absolute Gasteiger partial charge is 0.350 e. The molecule has 4 nitrogen and oxygen atoms in total. The van der Waals surface area contributed by atoms with Crippen LogP contribution in [0.1, 0.15) is 39.6 Å².